The van der Waals surface area contributed by atoms with E-state index in [2.05, 4.69) is 6.58 Å². The molecular formula is C10H8Cl3. The van der Waals surface area contributed by atoms with Gasteiger partial charge in [-0.15, -0.1) is 6.58 Å². The maximum atomic E-state index is 5.98. The van der Waals surface area contributed by atoms with E-state index in [1.807, 2.05) is 6.92 Å². The molecule has 0 unspecified atom stereocenters. The molecule has 3 heteroatoms. The first-order valence-electron chi connectivity index (χ1n) is 3.67. The SMILES string of the molecule is C=C[C](C)c1cc(Cl)cc(Cl)c1Cl. The van der Waals surface area contributed by atoms with Gasteiger partial charge in [0.05, 0.1) is 10.0 Å². The summed E-state index contributed by atoms with van der Waals surface area (Å²) in [6.45, 7) is 5.56. The first-order chi connectivity index (χ1) is 6.06. The zero-order chi connectivity index (χ0) is 10.0. The zero-order valence-electron chi connectivity index (χ0n) is 7.07. The molecule has 0 aliphatic heterocycles. The molecule has 0 aliphatic carbocycles. The van der Waals surface area contributed by atoms with Gasteiger partial charge in [0.2, 0.25) is 0 Å². The van der Waals surface area contributed by atoms with Crippen LogP contribution in [0, 0.1) is 5.92 Å². The van der Waals surface area contributed by atoms with E-state index >= 15 is 0 Å². The number of hydrogen-bond acceptors (Lipinski definition) is 0. The quantitative estimate of drug-likeness (QED) is 0.646. The van der Waals surface area contributed by atoms with Crippen molar-refractivity contribution < 1.29 is 0 Å². The van der Waals surface area contributed by atoms with E-state index < -0.39 is 0 Å². The third-order valence-corrected chi connectivity index (χ3v) is 2.74. The van der Waals surface area contributed by atoms with Gasteiger partial charge in [-0.05, 0) is 17.7 Å². The molecule has 0 nitrogen and oxygen atoms in total. The summed E-state index contributed by atoms with van der Waals surface area (Å²) in [5.74, 6) is 0.953. The average molecular weight is 235 g/mol. The molecule has 0 atom stereocenters. The molecule has 0 heterocycles. The molecule has 0 saturated heterocycles. The van der Waals surface area contributed by atoms with Crippen molar-refractivity contribution in [3.8, 4) is 0 Å². The van der Waals surface area contributed by atoms with Crippen LogP contribution >= 0.6 is 34.8 Å². The van der Waals surface area contributed by atoms with Crippen LogP contribution in [-0.2, 0) is 0 Å². The Morgan fingerprint density at radius 2 is 1.92 bits per heavy atom. The first kappa shape index (κ1) is 10.9. The van der Waals surface area contributed by atoms with Crippen molar-refractivity contribution in [2.45, 2.75) is 6.92 Å². The van der Waals surface area contributed by atoms with Crippen LogP contribution in [0.1, 0.15) is 12.5 Å². The van der Waals surface area contributed by atoms with Crippen molar-refractivity contribution in [2.24, 2.45) is 0 Å². The number of halogens is 3. The maximum absolute atomic E-state index is 5.98. The molecule has 0 bridgehead atoms. The van der Waals surface area contributed by atoms with Crippen LogP contribution in [0.5, 0.6) is 0 Å². The lowest BCUT2D eigenvalue weighted by Crippen LogP contribution is -1.91. The highest BCUT2D eigenvalue weighted by Crippen LogP contribution is 2.33. The smallest absolute Gasteiger partial charge is 0.0634 e. The summed E-state index contributed by atoms with van der Waals surface area (Å²) in [6, 6.07) is 3.39. The first-order valence-corrected chi connectivity index (χ1v) is 4.80. The molecule has 0 fully saturated rings. The van der Waals surface area contributed by atoms with E-state index in [1.165, 1.54) is 0 Å². The Morgan fingerprint density at radius 1 is 1.31 bits per heavy atom. The minimum Gasteiger partial charge on any atom is -0.102 e. The standard InChI is InChI=1S/C10H8Cl3/c1-3-6(2)8-4-7(11)5-9(12)10(8)13/h3-5H,1H2,2H3. The van der Waals surface area contributed by atoms with Crippen LogP contribution in [0.25, 0.3) is 0 Å². The number of rotatable bonds is 2. The largest absolute Gasteiger partial charge is 0.102 e. The third-order valence-electron chi connectivity index (χ3n) is 1.72. The van der Waals surface area contributed by atoms with Crippen molar-refractivity contribution in [2.75, 3.05) is 0 Å². The van der Waals surface area contributed by atoms with Crippen LogP contribution in [-0.4, -0.2) is 0 Å². The Labute approximate surface area is 93.1 Å². The Kier molecular flexibility index (Phi) is 3.66. The van der Waals surface area contributed by atoms with Gasteiger partial charge in [0.15, 0.2) is 0 Å². The molecule has 0 amide bonds. The average Bonchev–Trinajstić information content (AvgIpc) is 2.10. The van der Waals surface area contributed by atoms with Gasteiger partial charge >= 0.3 is 0 Å². The number of hydrogen-bond donors (Lipinski definition) is 0. The molecule has 1 aromatic rings. The highest BCUT2D eigenvalue weighted by molar-refractivity contribution is 6.43. The molecule has 1 aromatic carbocycles. The van der Waals surface area contributed by atoms with E-state index in [0.717, 1.165) is 11.5 Å². The predicted octanol–water partition coefficient (Wildman–Crippen LogP) is 4.78. The molecule has 13 heavy (non-hydrogen) atoms. The Bertz CT molecular complexity index is 331. The monoisotopic (exact) mass is 233 g/mol. The lowest BCUT2D eigenvalue weighted by molar-refractivity contribution is 1.26. The Hall–Kier alpha value is -0.170. The lowest BCUT2D eigenvalue weighted by Gasteiger charge is -2.09. The normalized spacial score (nSPS) is 10.5. The fraction of sp³-hybridized carbons (Fsp3) is 0.100. The van der Waals surface area contributed by atoms with Gasteiger partial charge in [-0.3, -0.25) is 0 Å². The minimum atomic E-state index is 0.463. The van der Waals surface area contributed by atoms with Gasteiger partial charge in [-0.25, -0.2) is 0 Å². The van der Waals surface area contributed by atoms with E-state index in [1.54, 1.807) is 18.2 Å². The second-order valence-corrected chi connectivity index (χ2v) is 3.86. The molecule has 1 rings (SSSR count). The zero-order valence-corrected chi connectivity index (χ0v) is 9.34. The highest BCUT2D eigenvalue weighted by atomic mass is 35.5. The van der Waals surface area contributed by atoms with E-state index in [9.17, 15) is 0 Å². The van der Waals surface area contributed by atoms with Crippen molar-refractivity contribution in [3.05, 3.63) is 51.3 Å². The Morgan fingerprint density at radius 3 is 2.46 bits per heavy atom. The van der Waals surface area contributed by atoms with Gasteiger partial charge in [0.1, 0.15) is 0 Å². The summed E-state index contributed by atoms with van der Waals surface area (Å²) in [4.78, 5) is 0. The molecule has 0 aromatic heterocycles. The summed E-state index contributed by atoms with van der Waals surface area (Å²) < 4.78 is 0. The summed E-state index contributed by atoms with van der Waals surface area (Å²) in [5, 5.41) is 1.56. The van der Waals surface area contributed by atoms with E-state index in [4.69, 9.17) is 34.8 Å². The highest BCUT2D eigenvalue weighted by Gasteiger charge is 2.11. The van der Waals surface area contributed by atoms with Crippen molar-refractivity contribution >= 4 is 34.8 Å². The van der Waals surface area contributed by atoms with Crippen LogP contribution in [0.3, 0.4) is 0 Å². The molecule has 0 aliphatic rings. The molecule has 0 saturated carbocycles. The molecule has 0 N–H and O–H groups in total. The van der Waals surface area contributed by atoms with Crippen LogP contribution in [0.2, 0.25) is 15.1 Å². The molecule has 1 radical (unpaired) electrons. The fourth-order valence-corrected chi connectivity index (χ4v) is 1.70. The van der Waals surface area contributed by atoms with Gasteiger partial charge in [0.25, 0.3) is 0 Å². The number of benzene rings is 1. The van der Waals surface area contributed by atoms with Crippen LogP contribution in [0.15, 0.2) is 24.8 Å². The minimum absolute atomic E-state index is 0.463. The second kappa shape index (κ2) is 4.36. The summed E-state index contributed by atoms with van der Waals surface area (Å²) in [5.41, 5.74) is 0.828. The van der Waals surface area contributed by atoms with Crippen molar-refractivity contribution in [3.63, 3.8) is 0 Å². The van der Waals surface area contributed by atoms with Gasteiger partial charge in [-0.2, -0.15) is 0 Å². The molecule has 0 spiro atoms. The van der Waals surface area contributed by atoms with Crippen LogP contribution < -0.4 is 0 Å². The maximum Gasteiger partial charge on any atom is 0.0634 e. The topological polar surface area (TPSA) is 0 Å². The summed E-state index contributed by atoms with van der Waals surface area (Å²) in [7, 11) is 0. The van der Waals surface area contributed by atoms with Crippen molar-refractivity contribution in [1.82, 2.24) is 0 Å². The van der Waals surface area contributed by atoms with Gasteiger partial charge in [-0.1, -0.05) is 47.8 Å². The third kappa shape index (κ3) is 2.40. The molecule has 69 valence electrons. The van der Waals surface area contributed by atoms with E-state index in [-0.39, 0.29) is 0 Å². The summed E-state index contributed by atoms with van der Waals surface area (Å²) >= 11 is 17.7. The molecular weight excluding hydrogens is 226 g/mol. The predicted molar refractivity (Wildman–Crippen MR) is 59.7 cm³/mol. The van der Waals surface area contributed by atoms with Gasteiger partial charge < -0.3 is 0 Å². The van der Waals surface area contributed by atoms with Gasteiger partial charge in [0, 0.05) is 10.9 Å². The summed E-state index contributed by atoms with van der Waals surface area (Å²) in [6.07, 6.45) is 1.72. The number of allylic oxidation sites excluding steroid dienone is 1. The van der Waals surface area contributed by atoms with E-state index in [0.29, 0.717) is 15.1 Å². The Balaban J connectivity index is 3.27. The second-order valence-electron chi connectivity index (χ2n) is 2.64. The van der Waals surface area contributed by atoms with Crippen molar-refractivity contribution in [1.29, 1.82) is 0 Å². The lowest BCUT2D eigenvalue weighted by atomic mass is 10.0. The van der Waals surface area contributed by atoms with Crippen LogP contribution in [0.4, 0.5) is 0 Å². The fourth-order valence-electron chi connectivity index (χ4n) is 0.953.